The van der Waals surface area contributed by atoms with E-state index >= 15 is 0 Å². The van der Waals surface area contributed by atoms with Crippen molar-refractivity contribution in [2.75, 3.05) is 31.3 Å². The van der Waals surface area contributed by atoms with Gasteiger partial charge in [0.05, 0.1) is 30.8 Å². The van der Waals surface area contributed by atoms with Crippen LogP contribution in [0, 0.1) is 5.92 Å². The Hall–Kier alpha value is -2.52. The average molecular weight is 463 g/mol. The van der Waals surface area contributed by atoms with Gasteiger partial charge in [0, 0.05) is 18.1 Å². The Bertz CT molecular complexity index is 1060. The van der Waals surface area contributed by atoms with Crippen LogP contribution in [0.15, 0.2) is 29.6 Å². The van der Waals surface area contributed by atoms with E-state index in [1.807, 2.05) is 0 Å². The molecule has 0 spiro atoms. The Morgan fingerprint density at radius 3 is 2.84 bits per heavy atom. The number of anilines is 1. The van der Waals surface area contributed by atoms with Crippen molar-refractivity contribution >= 4 is 46.1 Å². The lowest BCUT2D eigenvalue weighted by molar-refractivity contribution is 0.0949. The van der Waals surface area contributed by atoms with Gasteiger partial charge in [-0.2, -0.15) is 5.10 Å². The third-order valence-electron chi connectivity index (χ3n) is 4.44. The molecular formula is C21H27ClN6O2S. The number of thioether (sulfide) groups is 1. The number of nitrogens with one attached hydrogen (secondary N) is 2. The number of carbonyl (C=O) groups excluding carboxylic acids is 1. The zero-order valence-corrected chi connectivity index (χ0v) is 19.7. The van der Waals surface area contributed by atoms with E-state index in [9.17, 15) is 4.79 Å². The summed E-state index contributed by atoms with van der Waals surface area (Å²) in [6, 6.07) is 4.95. The molecular weight excluding hydrogens is 436 g/mol. The van der Waals surface area contributed by atoms with Gasteiger partial charge in [0.25, 0.3) is 5.91 Å². The summed E-state index contributed by atoms with van der Waals surface area (Å²) < 4.78 is 7.04. The molecule has 0 bridgehead atoms. The summed E-state index contributed by atoms with van der Waals surface area (Å²) in [4.78, 5) is 21.9. The number of ether oxygens (including phenoxy) is 1. The van der Waals surface area contributed by atoms with Crippen LogP contribution in [0.25, 0.3) is 11.0 Å². The molecule has 0 aliphatic heterocycles. The molecule has 0 aliphatic rings. The molecule has 166 valence electrons. The summed E-state index contributed by atoms with van der Waals surface area (Å²) in [5, 5.41) is 12.8. The Morgan fingerprint density at radius 2 is 2.13 bits per heavy atom. The van der Waals surface area contributed by atoms with Crippen molar-refractivity contribution in [2.24, 2.45) is 5.92 Å². The first kappa shape index (κ1) is 23.1. The molecule has 0 atom stereocenters. The van der Waals surface area contributed by atoms with Gasteiger partial charge in [0.1, 0.15) is 11.6 Å². The first-order chi connectivity index (χ1) is 14.9. The zero-order chi connectivity index (χ0) is 22.4. The van der Waals surface area contributed by atoms with Gasteiger partial charge in [0.2, 0.25) is 0 Å². The fourth-order valence-corrected chi connectivity index (χ4v) is 3.69. The number of hydrogen-bond donors (Lipinski definition) is 2. The molecule has 0 saturated carbocycles. The van der Waals surface area contributed by atoms with Crippen LogP contribution in [0.5, 0.6) is 5.75 Å². The number of fused-ring (bicyclic) bond motifs is 1. The van der Waals surface area contributed by atoms with Gasteiger partial charge in [-0.1, -0.05) is 44.1 Å². The second-order valence-corrected chi connectivity index (χ2v) is 8.94. The van der Waals surface area contributed by atoms with Crippen LogP contribution >= 0.6 is 23.4 Å². The largest absolute Gasteiger partial charge is 0.496 e. The number of benzene rings is 1. The Kier molecular flexibility index (Phi) is 7.97. The molecule has 0 unspecified atom stereocenters. The molecule has 0 fully saturated rings. The normalized spacial score (nSPS) is 11.2. The average Bonchev–Trinajstić information content (AvgIpc) is 3.15. The van der Waals surface area contributed by atoms with Gasteiger partial charge in [0.15, 0.2) is 10.8 Å². The molecule has 10 heteroatoms. The number of halogens is 1. The van der Waals surface area contributed by atoms with Gasteiger partial charge in [-0.05, 0) is 29.9 Å². The van der Waals surface area contributed by atoms with Gasteiger partial charge >= 0.3 is 0 Å². The fourth-order valence-electron chi connectivity index (χ4n) is 2.96. The van der Waals surface area contributed by atoms with Crippen molar-refractivity contribution < 1.29 is 9.53 Å². The van der Waals surface area contributed by atoms with Crippen LogP contribution in [-0.4, -0.2) is 51.6 Å². The first-order valence-corrected chi connectivity index (χ1v) is 11.5. The Morgan fingerprint density at radius 1 is 1.32 bits per heavy atom. The molecule has 0 saturated heterocycles. The lowest BCUT2D eigenvalue weighted by Crippen LogP contribution is -2.28. The smallest absolute Gasteiger partial charge is 0.255 e. The summed E-state index contributed by atoms with van der Waals surface area (Å²) in [6.45, 7) is 8.01. The highest BCUT2D eigenvalue weighted by molar-refractivity contribution is 7.99. The number of amides is 1. The third-order valence-corrected chi connectivity index (χ3v) is 5.41. The summed E-state index contributed by atoms with van der Waals surface area (Å²) in [5.41, 5.74) is 1.14. The lowest BCUT2D eigenvalue weighted by Gasteiger charge is -2.11. The molecule has 1 amide bonds. The third kappa shape index (κ3) is 5.80. The molecule has 1 aromatic carbocycles. The first-order valence-electron chi connectivity index (χ1n) is 10.1. The molecule has 0 aliphatic carbocycles. The molecule has 2 aromatic heterocycles. The molecule has 2 N–H and O–H groups in total. The highest BCUT2D eigenvalue weighted by Gasteiger charge is 2.15. The Balaban J connectivity index is 1.76. The Labute approximate surface area is 191 Å². The van der Waals surface area contributed by atoms with E-state index in [1.165, 1.54) is 7.11 Å². The van der Waals surface area contributed by atoms with Gasteiger partial charge in [-0.25, -0.2) is 14.6 Å². The minimum Gasteiger partial charge on any atom is -0.496 e. The number of nitrogens with zero attached hydrogens (tertiary/aromatic N) is 4. The number of rotatable bonds is 10. The molecule has 2 heterocycles. The van der Waals surface area contributed by atoms with Crippen LogP contribution in [-0.2, 0) is 6.54 Å². The topological polar surface area (TPSA) is 94.0 Å². The van der Waals surface area contributed by atoms with Crippen molar-refractivity contribution in [1.29, 1.82) is 0 Å². The van der Waals surface area contributed by atoms with E-state index < -0.39 is 0 Å². The van der Waals surface area contributed by atoms with Crippen molar-refractivity contribution in [3.8, 4) is 5.75 Å². The minimum atomic E-state index is -0.257. The predicted molar refractivity (Wildman–Crippen MR) is 125 cm³/mol. The fraction of sp³-hybridized carbons (Fsp3) is 0.429. The number of aromatic nitrogens is 4. The highest BCUT2D eigenvalue weighted by atomic mass is 35.5. The summed E-state index contributed by atoms with van der Waals surface area (Å²) in [6.07, 6.45) is 1.76. The monoisotopic (exact) mass is 462 g/mol. The van der Waals surface area contributed by atoms with Gasteiger partial charge in [-0.15, -0.1) is 0 Å². The quantitative estimate of drug-likeness (QED) is 0.346. The van der Waals surface area contributed by atoms with Crippen LogP contribution in [0.1, 0.15) is 31.1 Å². The minimum absolute atomic E-state index is 0.257. The van der Waals surface area contributed by atoms with Crippen LogP contribution in [0.4, 0.5) is 5.82 Å². The standard InChI is InChI=1S/C21H27ClN6O2S/c1-5-31-21-26-18(24-11-13(2)3)16-12-25-28(19(16)27-21)9-8-23-20(29)15-10-14(22)6-7-17(15)30-4/h6-7,10,12-13H,5,8-9,11H2,1-4H3,(H,23,29)(H,24,26,27). The van der Waals surface area contributed by atoms with Crippen molar-refractivity contribution in [3.05, 3.63) is 35.0 Å². The van der Waals surface area contributed by atoms with Gasteiger partial charge < -0.3 is 15.4 Å². The molecule has 0 radical (unpaired) electrons. The highest BCUT2D eigenvalue weighted by Crippen LogP contribution is 2.25. The van der Waals surface area contributed by atoms with E-state index in [0.717, 1.165) is 29.1 Å². The summed E-state index contributed by atoms with van der Waals surface area (Å²) in [7, 11) is 1.52. The van der Waals surface area contributed by atoms with Crippen LogP contribution < -0.4 is 15.4 Å². The predicted octanol–water partition coefficient (Wildman–Crippen LogP) is 4.10. The van der Waals surface area contributed by atoms with E-state index in [1.54, 1.807) is 40.8 Å². The molecule has 31 heavy (non-hydrogen) atoms. The van der Waals surface area contributed by atoms with E-state index in [0.29, 0.717) is 40.5 Å². The van der Waals surface area contributed by atoms with E-state index in [4.69, 9.17) is 16.3 Å². The molecule has 3 aromatic rings. The van der Waals surface area contributed by atoms with Gasteiger partial charge in [-0.3, -0.25) is 4.79 Å². The molecule has 8 nitrogen and oxygen atoms in total. The molecule has 3 rings (SSSR count). The van der Waals surface area contributed by atoms with E-state index in [-0.39, 0.29) is 5.91 Å². The number of methoxy groups -OCH3 is 1. The SMILES string of the molecule is CCSc1nc(NCC(C)C)c2cnn(CCNC(=O)c3cc(Cl)ccc3OC)c2n1. The second-order valence-electron chi connectivity index (χ2n) is 7.27. The van der Waals surface area contributed by atoms with Crippen molar-refractivity contribution in [1.82, 2.24) is 25.1 Å². The van der Waals surface area contributed by atoms with E-state index in [2.05, 4.69) is 46.5 Å². The zero-order valence-electron chi connectivity index (χ0n) is 18.1. The van der Waals surface area contributed by atoms with Crippen LogP contribution in [0.3, 0.4) is 0 Å². The number of carbonyl (C=O) groups is 1. The van der Waals surface area contributed by atoms with Crippen LogP contribution in [0.2, 0.25) is 5.02 Å². The maximum Gasteiger partial charge on any atom is 0.255 e. The van der Waals surface area contributed by atoms with Crippen molar-refractivity contribution in [3.63, 3.8) is 0 Å². The summed E-state index contributed by atoms with van der Waals surface area (Å²) in [5.74, 6) is 2.36. The summed E-state index contributed by atoms with van der Waals surface area (Å²) >= 11 is 7.61. The second kappa shape index (κ2) is 10.7. The maximum absolute atomic E-state index is 12.6. The van der Waals surface area contributed by atoms with Crippen molar-refractivity contribution in [2.45, 2.75) is 32.5 Å². The number of hydrogen-bond acceptors (Lipinski definition) is 7. The maximum atomic E-state index is 12.6. The lowest BCUT2D eigenvalue weighted by atomic mass is 10.2.